The van der Waals surface area contributed by atoms with Crippen LogP contribution < -0.4 is 0 Å². The Bertz CT molecular complexity index is 671. The summed E-state index contributed by atoms with van der Waals surface area (Å²) in [4.78, 5) is 18.7. The van der Waals surface area contributed by atoms with E-state index in [1.807, 2.05) is 48.2 Å². The fourth-order valence-corrected chi connectivity index (χ4v) is 3.30. The highest BCUT2D eigenvalue weighted by Gasteiger charge is 2.38. The maximum atomic E-state index is 12.6. The number of nitrogens with zero attached hydrogens (tertiary/aromatic N) is 2. The van der Waals surface area contributed by atoms with E-state index in [1.165, 1.54) is 5.56 Å². The molecular weight excluding hydrogens is 300 g/mol. The van der Waals surface area contributed by atoms with E-state index < -0.39 is 5.60 Å². The van der Waals surface area contributed by atoms with Crippen molar-refractivity contribution in [2.45, 2.75) is 31.8 Å². The van der Waals surface area contributed by atoms with Crippen LogP contribution in [0.25, 0.3) is 0 Å². The van der Waals surface area contributed by atoms with Gasteiger partial charge in [-0.15, -0.1) is 0 Å². The van der Waals surface area contributed by atoms with Gasteiger partial charge in [-0.25, -0.2) is 0 Å². The maximum absolute atomic E-state index is 12.6. The lowest BCUT2D eigenvalue weighted by atomic mass is 9.78. The van der Waals surface area contributed by atoms with Crippen LogP contribution in [0.5, 0.6) is 0 Å². The Balaban J connectivity index is 1.67. The first-order valence-corrected chi connectivity index (χ1v) is 8.48. The average Bonchev–Trinajstić information content (AvgIpc) is 2.58. The molecule has 1 aliphatic rings. The van der Waals surface area contributed by atoms with Crippen molar-refractivity contribution in [3.05, 3.63) is 66.0 Å². The smallest absolute Gasteiger partial charge is 0.228 e. The monoisotopic (exact) mass is 324 g/mol. The Morgan fingerprint density at radius 3 is 2.71 bits per heavy atom. The topological polar surface area (TPSA) is 53.4 Å². The zero-order valence-corrected chi connectivity index (χ0v) is 14.1. The van der Waals surface area contributed by atoms with Gasteiger partial charge in [0.25, 0.3) is 0 Å². The van der Waals surface area contributed by atoms with Crippen LogP contribution in [0.15, 0.2) is 54.7 Å². The minimum atomic E-state index is -0.738. The molecule has 0 aliphatic carbocycles. The first-order chi connectivity index (χ1) is 11.5. The van der Waals surface area contributed by atoms with Gasteiger partial charge in [-0.05, 0) is 37.5 Å². The predicted molar refractivity (Wildman–Crippen MR) is 93.4 cm³/mol. The molecule has 2 heterocycles. The third-order valence-corrected chi connectivity index (χ3v) is 4.94. The van der Waals surface area contributed by atoms with Crippen molar-refractivity contribution in [3.8, 4) is 0 Å². The summed E-state index contributed by atoms with van der Waals surface area (Å²) in [7, 11) is 0. The standard InChI is InChI=1S/C20H24N2O2/c1-20(24)10-12-22(19(23)14-18-9-5-6-11-21-18)15-17(20)13-16-7-3-2-4-8-16/h2-9,11,17,24H,10,12-15H2,1H3/t17-,20+/m1/s1. The zero-order valence-electron chi connectivity index (χ0n) is 14.1. The fourth-order valence-electron chi connectivity index (χ4n) is 3.30. The number of piperidine rings is 1. The quantitative estimate of drug-likeness (QED) is 0.940. The van der Waals surface area contributed by atoms with E-state index in [-0.39, 0.29) is 11.8 Å². The van der Waals surface area contributed by atoms with E-state index in [4.69, 9.17) is 0 Å². The third kappa shape index (κ3) is 4.01. The number of aromatic nitrogens is 1. The van der Waals surface area contributed by atoms with Gasteiger partial charge in [0.1, 0.15) is 0 Å². The first-order valence-electron chi connectivity index (χ1n) is 8.48. The van der Waals surface area contributed by atoms with Crippen LogP contribution in [-0.2, 0) is 17.6 Å². The van der Waals surface area contributed by atoms with Crippen LogP contribution in [0.3, 0.4) is 0 Å². The largest absolute Gasteiger partial charge is 0.390 e. The van der Waals surface area contributed by atoms with Gasteiger partial charge in [0.2, 0.25) is 5.91 Å². The molecule has 1 saturated heterocycles. The molecule has 3 rings (SSSR count). The molecule has 0 spiro atoms. The summed E-state index contributed by atoms with van der Waals surface area (Å²) < 4.78 is 0. The molecule has 0 saturated carbocycles. The number of carbonyl (C=O) groups is 1. The van der Waals surface area contributed by atoms with Crippen molar-refractivity contribution < 1.29 is 9.90 Å². The van der Waals surface area contributed by atoms with E-state index in [0.717, 1.165) is 12.1 Å². The Morgan fingerprint density at radius 1 is 1.25 bits per heavy atom. The van der Waals surface area contributed by atoms with Gasteiger partial charge in [0.05, 0.1) is 12.0 Å². The van der Waals surface area contributed by atoms with Crippen molar-refractivity contribution in [1.82, 2.24) is 9.88 Å². The molecule has 1 amide bonds. The van der Waals surface area contributed by atoms with Gasteiger partial charge in [0, 0.05) is 30.9 Å². The van der Waals surface area contributed by atoms with Crippen molar-refractivity contribution in [3.63, 3.8) is 0 Å². The van der Waals surface area contributed by atoms with Gasteiger partial charge in [-0.3, -0.25) is 9.78 Å². The molecular formula is C20H24N2O2. The lowest BCUT2D eigenvalue weighted by Crippen LogP contribution is -2.53. The number of benzene rings is 1. The molecule has 0 radical (unpaired) electrons. The molecule has 1 aromatic heterocycles. The highest BCUT2D eigenvalue weighted by molar-refractivity contribution is 5.78. The Labute approximate surface area is 143 Å². The third-order valence-electron chi connectivity index (χ3n) is 4.94. The van der Waals surface area contributed by atoms with Crippen LogP contribution in [0.4, 0.5) is 0 Å². The number of likely N-dealkylation sites (tertiary alicyclic amines) is 1. The lowest BCUT2D eigenvalue weighted by molar-refractivity contribution is -0.138. The first kappa shape index (κ1) is 16.7. The van der Waals surface area contributed by atoms with E-state index in [0.29, 0.717) is 25.9 Å². The van der Waals surface area contributed by atoms with Crippen molar-refractivity contribution in [2.75, 3.05) is 13.1 Å². The Kier molecular flexibility index (Phi) is 4.95. The second kappa shape index (κ2) is 7.14. The van der Waals surface area contributed by atoms with Gasteiger partial charge >= 0.3 is 0 Å². The minimum absolute atomic E-state index is 0.0429. The average molecular weight is 324 g/mol. The fraction of sp³-hybridized carbons (Fsp3) is 0.400. The normalized spacial score (nSPS) is 23.9. The number of hydrogen-bond donors (Lipinski definition) is 1. The van der Waals surface area contributed by atoms with E-state index >= 15 is 0 Å². The second-order valence-electron chi connectivity index (χ2n) is 6.83. The highest BCUT2D eigenvalue weighted by atomic mass is 16.3. The van der Waals surface area contributed by atoms with Crippen LogP contribution in [0.2, 0.25) is 0 Å². The summed E-state index contributed by atoms with van der Waals surface area (Å²) >= 11 is 0. The molecule has 2 atom stereocenters. The number of hydrogen-bond acceptors (Lipinski definition) is 3. The highest BCUT2D eigenvalue weighted by Crippen LogP contribution is 2.30. The summed E-state index contributed by atoms with van der Waals surface area (Å²) in [6.07, 6.45) is 3.42. The Morgan fingerprint density at radius 2 is 2.00 bits per heavy atom. The summed E-state index contributed by atoms with van der Waals surface area (Å²) in [5, 5.41) is 10.7. The molecule has 1 aromatic carbocycles. The second-order valence-corrected chi connectivity index (χ2v) is 6.83. The summed E-state index contributed by atoms with van der Waals surface area (Å²) in [5.41, 5.74) is 1.25. The van der Waals surface area contributed by atoms with Crippen LogP contribution in [-0.4, -0.2) is 39.6 Å². The van der Waals surface area contributed by atoms with Crippen molar-refractivity contribution in [1.29, 1.82) is 0 Å². The van der Waals surface area contributed by atoms with Crippen LogP contribution in [0, 0.1) is 5.92 Å². The number of rotatable bonds is 4. The van der Waals surface area contributed by atoms with E-state index in [9.17, 15) is 9.90 Å². The molecule has 0 bridgehead atoms. The van der Waals surface area contributed by atoms with Crippen molar-refractivity contribution in [2.24, 2.45) is 5.92 Å². The number of aliphatic hydroxyl groups is 1. The van der Waals surface area contributed by atoms with Crippen LogP contribution in [0.1, 0.15) is 24.6 Å². The SMILES string of the molecule is C[C@]1(O)CCN(C(=O)Cc2ccccn2)C[C@H]1Cc1ccccc1. The Hall–Kier alpha value is -2.20. The molecule has 1 aliphatic heterocycles. The van der Waals surface area contributed by atoms with Gasteiger partial charge in [-0.2, -0.15) is 0 Å². The number of pyridine rings is 1. The van der Waals surface area contributed by atoms with Gasteiger partial charge < -0.3 is 10.0 Å². The van der Waals surface area contributed by atoms with Crippen molar-refractivity contribution >= 4 is 5.91 Å². The molecule has 1 fully saturated rings. The van der Waals surface area contributed by atoms with E-state index in [1.54, 1.807) is 6.20 Å². The molecule has 2 aromatic rings. The zero-order chi connectivity index (χ0) is 17.0. The van der Waals surface area contributed by atoms with E-state index in [2.05, 4.69) is 17.1 Å². The molecule has 0 unspecified atom stereocenters. The molecule has 4 heteroatoms. The maximum Gasteiger partial charge on any atom is 0.228 e. The molecule has 4 nitrogen and oxygen atoms in total. The number of carbonyl (C=O) groups excluding carboxylic acids is 1. The van der Waals surface area contributed by atoms with Crippen LogP contribution >= 0.6 is 0 Å². The summed E-state index contributed by atoms with van der Waals surface area (Å²) in [5.74, 6) is 0.128. The molecule has 24 heavy (non-hydrogen) atoms. The summed E-state index contributed by atoms with van der Waals surface area (Å²) in [6.45, 7) is 3.08. The summed E-state index contributed by atoms with van der Waals surface area (Å²) in [6, 6.07) is 15.8. The van der Waals surface area contributed by atoms with Gasteiger partial charge in [-0.1, -0.05) is 36.4 Å². The molecule has 1 N–H and O–H groups in total. The lowest BCUT2D eigenvalue weighted by Gasteiger charge is -2.43. The molecule has 126 valence electrons. The predicted octanol–water partition coefficient (Wildman–Crippen LogP) is 2.47. The van der Waals surface area contributed by atoms with Gasteiger partial charge in [0.15, 0.2) is 0 Å². The minimum Gasteiger partial charge on any atom is -0.390 e. The number of amides is 1.